The summed E-state index contributed by atoms with van der Waals surface area (Å²) in [4.78, 5) is 37.8. The van der Waals surface area contributed by atoms with Crippen LogP contribution in [0, 0.1) is 6.92 Å². The SMILES string of the molecule is Cc1cccc(N2C(=O)NC(=O)C(O)(c3ccccc3)C2=O)c1. The monoisotopic (exact) mass is 310 g/mol. The van der Waals surface area contributed by atoms with Crippen molar-refractivity contribution in [3.05, 3.63) is 65.7 Å². The van der Waals surface area contributed by atoms with Crippen molar-refractivity contribution in [2.45, 2.75) is 12.5 Å². The fraction of sp³-hybridized carbons (Fsp3) is 0.118. The van der Waals surface area contributed by atoms with Crippen molar-refractivity contribution < 1.29 is 19.5 Å². The van der Waals surface area contributed by atoms with Crippen LogP contribution < -0.4 is 10.2 Å². The van der Waals surface area contributed by atoms with Crippen LogP contribution in [0.15, 0.2) is 54.6 Å². The Morgan fingerprint density at radius 2 is 1.70 bits per heavy atom. The van der Waals surface area contributed by atoms with Gasteiger partial charge in [0.1, 0.15) is 0 Å². The lowest BCUT2D eigenvalue weighted by Crippen LogP contribution is -2.66. The molecule has 0 spiro atoms. The predicted molar refractivity (Wildman–Crippen MR) is 82.5 cm³/mol. The van der Waals surface area contributed by atoms with Crippen LogP contribution in [-0.2, 0) is 15.2 Å². The number of carbonyl (C=O) groups is 3. The van der Waals surface area contributed by atoms with Crippen molar-refractivity contribution in [1.29, 1.82) is 0 Å². The molecule has 0 saturated carbocycles. The van der Waals surface area contributed by atoms with E-state index in [1.54, 1.807) is 36.4 Å². The molecule has 2 N–H and O–H groups in total. The van der Waals surface area contributed by atoms with E-state index in [-0.39, 0.29) is 11.3 Å². The summed E-state index contributed by atoms with van der Waals surface area (Å²) in [5, 5.41) is 12.8. The Balaban J connectivity index is 2.11. The second-order valence-corrected chi connectivity index (χ2v) is 5.32. The predicted octanol–water partition coefficient (Wildman–Crippen LogP) is 1.47. The van der Waals surface area contributed by atoms with Gasteiger partial charge in [-0.15, -0.1) is 0 Å². The van der Waals surface area contributed by atoms with Gasteiger partial charge in [0, 0.05) is 5.56 Å². The van der Waals surface area contributed by atoms with Gasteiger partial charge in [-0.2, -0.15) is 0 Å². The molecular formula is C17H14N2O4. The molecule has 3 rings (SSSR count). The number of hydrogen-bond donors (Lipinski definition) is 2. The van der Waals surface area contributed by atoms with Gasteiger partial charge in [-0.1, -0.05) is 42.5 Å². The molecule has 2 aromatic carbocycles. The Kier molecular flexibility index (Phi) is 3.46. The number of amides is 4. The van der Waals surface area contributed by atoms with Crippen LogP contribution in [-0.4, -0.2) is 23.0 Å². The number of carbonyl (C=O) groups excluding carboxylic acids is 3. The summed E-state index contributed by atoms with van der Waals surface area (Å²) in [6.07, 6.45) is 0. The standard InChI is InChI=1S/C17H14N2O4/c1-11-6-5-9-13(10-11)19-15(21)17(23,14(20)18-16(19)22)12-7-3-2-4-8-12/h2-10,23H,1H3,(H,18,20,22). The zero-order chi connectivity index (χ0) is 16.6. The molecule has 1 fully saturated rings. The minimum absolute atomic E-state index is 0.104. The molecule has 1 atom stereocenters. The Hall–Kier alpha value is -2.99. The maximum Gasteiger partial charge on any atom is 0.335 e. The van der Waals surface area contributed by atoms with Gasteiger partial charge in [-0.3, -0.25) is 14.9 Å². The van der Waals surface area contributed by atoms with E-state index in [0.29, 0.717) is 0 Å². The topological polar surface area (TPSA) is 86.7 Å². The lowest BCUT2D eigenvalue weighted by Gasteiger charge is -2.35. The zero-order valence-electron chi connectivity index (χ0n) is 12.3. The number of nitrogens with zero attached hydrogens (tertiary/aromatic N) is 1. The largest absolute Gasteiger partial charge is 0.368 e. The van der Waals surface area contributed by atoms with Gasteiger partial charge < -0.3 is 5.11 Å². The van der Waals surface area contributed by atoms with Crippen LogP contribution in [0.2, 0.25) is 0 Å². The summed E-state index contributed by atoms with van der Waals surface area (Å²) in [7, 11) is 0. The Bertz CT molecular complexity index is 803. The van der Waals surface area contributed by atoms with Crippen molar-refractivity contribution >= 4 is 23.5 Å². The zero-order valence-corrected chi connectivity index (χ0v) is 12.3. The van der Waals surface area contributed by atoms with Crippen LogP contribution in [0.25, 0.3) is 0 Å². The maximum atomic E-state index is 12.8. The minimum atomic E-state index is -2.45. The first-order chi connectivity index (χ1) is 10.9. The molecule has 1 unspecified atom stereocenters. The summed E-state index contributed by atoms with van der Waals surface area (Å²) < 4.78 is 0. The quantitative estimate of drug-likeness (QED) is 0.822. The molecule has 1 aliphatic heterocycles. The highest BCUT2D eigenvalue weighted by Crippen LogP contribution is 2.30. The molecule has 2 aromatic rings. The lowest BCUT2D eigenvalue weighted by atomic mass is 9.89. The van der Waals surface area contributed by atoms with E-state index in [1.807, 2.05) is 18.3 Å². The van der Waals surface area contributed by atoms with Crippen LogP contribution >= 0.6 is 0 Å². The number of nitrogens with one attached hydrogen (secondary N) is 1. The van der Waals surface area contributed by atoms with E-state index in [0.717, 1.165) is 10.5 Å². The maximum absolute atomic E-state index is 12.8. The molecule has 1 aliphatic rings. The van der Waals surface area contributed by atoms with Crippen LogP contribution in [0.5, 0.6) is 0 Å². The van der Waals surface area contributed by atoms with Crippen molar-refractivity contribution in [1.82, 2.24) is 5.32 Å². The van der Waals surface area contributed by atoms with Gasteiger partial charge in [0.05, 0.1) is 5.69 Å². The molecule has 6 heteroatoms. The fourth-order valence-corrected chi connectivity index (χ4v) is 2.53. The highest BCUT2D eigenvalue weighted by molar-refractivity contribution is 6.31. The smallest absolute Gasteiger partial charge is 0.335 e. The molecule has 1 saturated heterocycles. The highest BCUT2D eigenvalue weighted by Gasteiger charge is 2.54. The van der Waals surface area contributed by atoms with Crippen molar-refractivity contribution in [2.24, 2.45) is 0 Å². The lowest BCUT2D eigenvalue weighted by molar-refractivity contribution is -0.153. The van der Waals surface area contributed by atoms with E-state index >= 15 is 0 Å². The Morgan fingerprint density at radius 3 is 2.35 bits per heavy atom. The second-order valence-electron chi connectivity index (χ2n) is 5.32. The van der Waals surface area contributed by atoms with Gasteiger partial charge in [0.25, 0.3) is 11.8 Å². The molecule has 116 valence electrons. The summed E-state index contributed by atoms with van der Waals surface area (Å²) in [6, 6.07) is 13.6. The molecular weight excluding hydrogens is 296 g/mol. The third-order valence-electron chi connectivity index (χ3n) is 3.72. The van der Waals surface area contributed by atoms with Crippen molar-refractivity contribution in [3.8, 4) is 0 Å². The fourth-order valence-electron chi connectivity index (χ4n) is 2.53. The molecule has 0 radical (unpaired) electrons. The molecule has 0 aliphatic carbocycles. The average molecular weight is 310 g/mol. The van der Waals surface area contributed by atoms with E-state index in [4.69, 9.17) is 0 Å². The molecule has 0 aromatic heterocycles. The molecule has 0 bridgehead atoms. The second kappa shape index (κ2) is 5.33. The summed E-state index contributed by atoms with van der Waals surface area (Å²) >= 11 is 0. The average Bonchev–Trinajstić information content (AvgIpc) is 2.54. The first-order valence-corrected chi connectivity index (χ1v) is 6.99. The number of benzene rings is 2. The van der Waals surface area contributed by atoms with E-state index in [9.17, 15) is 19.5 Å². The summed E-state index contributed by atoms with van der Waals surface area (Å²) in [5.41, 5.74) is -1.22. The number of aryl methyl sites for hydroxylation is 1. The number of urea groups is 1. The van der Waals surface area contributed by atoms with Gasteiger partial charge in [0.15, 0.2) is 0 Å². The van der Waals surface area contributed by atoms with E-state index in [1.165, 1.54) is 12.1 Å². The Labute approximate surface area is 132 Å². The van der Waals surface area contributed by atoms with Gasteiger partial charge in [0.2, 0.25) is 5.60 Å². The normalized spacial score (nSPS) is 21.3. The van der Waals surface area contributed by atoms with Gasteiger partial charge in [-0.05, 0) is 24.6 Å². The summed E-state index contributed by atoms with van der Waals surface area (Å²) in [6.45, 7) is 1.81. The number of rotatable bonds is 2. The number of anilines is 1. The van der Waals surface area contributed by atoms with Crippen molar-refractivity contribution in [3.63, 3.8) is 0 Å². The number of imide groups is 2. The van der Waals surface area contributed by atoms with Gasteiger partial charge >= 0.3 is 6.03 Å². The number of barbiturate groups is 1. The van der Waals surface area contributed by atoms with Crippen LogP contribution in [0.3, 0.4) is 0 Å². The molecule has 4 amide bonds. The number of aliphatic hydroxyl groups is 1. The minimum Gasteiger partial charge on any atom is -0.368 e. The molecule has 23 heavy (non-hydrogen) atoms. The molecule has 6 nitrogen and oxygen atoms in total. The highest BCUT2D eigenvalue weighted by atomic mass is 16.3. The van der Waals surface area contributed by atoms with Crippen LogP contribution in [0.4, 0.5) is 10.5 Å². The third kappa shape index (κ3) is 2.29. The number of hydrogen-bond acceptors (Lipinski definition) is 4. The van der Waals surface area contributed by atoms with E-state index < -0.39 is 23.4 Å². The first kappa shape index (κ1) is 14.9. The third-order valence-corrected chi connectivity index (χ3v) is 3.72. The van der Waals surface area contributed by atoms with Gasteiger partial charge in [-0.25, -0.2) is 9.69 Å². The first-order valence-electron chi connectivity index (χ1n) is 6.99. The van der Waals surface area contributed by atoms with E-state index in [2.05, 4.69) is 0 Å². The van der Waals surface area contributed by atoms with Crippen LogP contribution in [0.1, 0.15) is 11.1 Å². The molecule has 1 heterocycles. The summed E-state index contributed by atoms with van der Waals surface area (Å²) in [5.74, 6) is -2.05. The Morgan fingerprint density at radius 1 is 1.00 bits per heavy atom. The van der Waals surface area contributed by atoms with Crippen molar-refractivity contribution in [2.75, 3.05) is 4.90 Å².